The summed E-state index contributed by atoms with van der Waals surface area (Å²) >= 11 is 0. The third kappa shape index (κ3) is 3.71. The summed E-state index contributed by atoms with van der Waals surface area (Å²) in [6, 6.07) is -0.102. The van der Waals surface area contributed by atoms with Crippen LogP contribution in [-0.2, 0) is 4.79 Å². The number of alkyl halides is 3. The maximum Gasteiger partial charge on any atom is 0.393 e. The third-order valence-corrected chi connectivity index (χ3v) is 4.78. The van der Waals surface area contributed by atoms with Gasteiger partial charge in [0, 0.05) is 20.0 Å². The van der Waals surface area contributed by atoms with Gasteiger partial charge in [0.1, 0.15) is 0 Å². The van der Waals surface area contributed by atoms with Crippen molar-refractivity contribution < 1.29 is 22.5 Å². The van der Waals surface area contributed by atoms with Crippen molar-refractivity contribution in [2.45, 2.75) is 44.8 Å². The van der Waals surface area contributed by atoms with Gasteiger partial charge in [-0.05, 0) is 32.2 Å². The first kappa shape index (κ1) is 17.2. The molecular weight excluding hydrogens is 325 g/mol. The molecule has 6 nitrogen and oxygen atoms in total. The van der Waals surface area contributed by atoms with E-state index in [1.807, 2.05) is 4.90 Å². The fourth-order valence-corrected chi connectivity index (χ4v) is 3.50. The Labute approximate surface area is 138 Å². The van der Waals surface area contributed by atoms with E-state index in [9.17, 15) is 18.0 Å². The molecular formula is C15H21F3N4O2. The lowest BCUT2D eigenvalue weighted by Gasteiger charge is -2.35. The lowest BCUT2D eigenvalue weighted by Crippen LogP contribution is -2.48. The molecule has 1 amide bonds. The number of piperidine rings is 1. The highest BCUT2D eigenvalue weighted by Gasteiger charge is 2.43. The summed E-state index contributed by atoms with van der Waals surface area (Å²) < 4.78 is 43.7. The van der Waals surface area contributed by atoms with Gasteiger partial charge in [0.05, 0.1) is 18.5 Å². The van der Waals surface area contributed by atoms with Crippen molar-refractivity contribution in [2.75, 3.05) is 26.2 Å². The zero-order valence-electron chi connectivity index (χ0n) is 13.6. The minimum Gasteiger partial charge on any atom is -0.341 e. The van der Waals surface area contributed by atoms with Crippen molar-refractivity contribution in [3.8, 4) is 0 Å². The van der Waals surface area contributed by atoms with E-state index in [0.29, 0.717) is 31.2 Å². The van der Waals surface area contributed by atoms with Crippen LogP contribution in [-0.4, -0.2) is 58.2 Å². The van der Waals surface area contributed by atoms with E-state index in [0.717, 1.165) is 12.8 Å². The van der Waals surface area contributed by atoms with Crippen molar-refractivity contribution in [2.24, 2.45) is 5.92 Å². The number of aryl methyl sites for hydroxylation is 1. The summed E-state index contributed by atoms with van der Waals surface area (Å²) in [5.74, 6) is -0.655. The molecule has 1 aromatic heterocycles. The van der Waals surface area contributed by atoms with Crippen LogP contribution in [0.25, 0.3) is 0 Å². The van der Waals surface area contributed by atoms with Gasteiger partial charge in [0.15, 0.2) is 5.82 Å². The molecule has 3 rings (SSSR count). The molecule has 2 aliphatic heterocycles. The molecule has 0 aromatic carbocycles. The van der Waals surface area contributed by atoms with Gasteiger partial charge in [-0.1, -0.05) is 5.16 Å². The molecule has 0 radical (unpaired) electrons. The standard InChI is InChI=1S/C15H21F3N4O2/c1-10-19-14(20-24-10)12-5-3-6-21(12)9-13(23)22-7-2-4-11(8-22)15(16,17)18/h11-12H,2-9H2,1H3/t11-,12+/m0/s1. The molecule has 134 valence electrons. The van der Waals surface area contributed by atoms with E-state index in [1.54, 1.807) is 6.92 Å². The van der Waals surface area contributed by atoms with Crippen LogP contribution in [0, 0.1) is 12.8 Å². The average molecular weight is 346 g/mol. The average Bonchev–Trinajstić information content (AvgIpc) is 3.15. The lowest BCUT2D eigenvalue weighted by atomic mass is 9.97. The van der Waals surface area contributed by atoms with Crippen LogP contribution in [0.3, 0.4) is 0 Å². The predicted octanol–water partition coefficient (Wildman–Crippen LogP) is 2.32. The number of rotatable bonds is 3. The molecule has 3 heterocycles. The van der Waals surface area contributed by atoms with Crippen LogP contribution in [0.15, 0.2) is 4.52 Å². The first-order valence-corrected chi connectivity index (χ1v) is 8.23. The molecule has 24 heavy (non-hydrogen) atoms. The van der Waals surface area contributed by atoms with Crippen molar-refractivity contribution in [3.05, 3.63) is 11.7 Å². The fraction of sp³-hybridized carbons (Fsp3) is 0.800. The minimum atomic E-state index is -4.24. The second kappa shape index (κ2) is 6.70. The van der Waals surface area contributed by atoms with Gasteiger partial charge in [-0.3, -0.25) is 9.69 Å². The monoisotopic (exact) mass is 346 g/mol. The molecule has 0 saturated carbocycles. The van der Waals surface area contributed by atoms with Gasteiger partial charge in [-0.2, -0.15) is 18.2 Å². The Kier molecular flexibility index (Phi) is 4.80. The van der Waals surface area contributed by atoms with Gasteiger partial charge < -0.3 is 9.42 Å². The number of halogens is 3. The number of aromatic nitrogens is 2. The summed E-state index contributed by atoms with van der Waals surface area (Å²) in [6.07, 6.45) is -2.03. The Hall–Kier alpha value is -1.64. The van der Waals surface area contributed by atoms with Crippen LogP contribution in [0.1, 0.15) is 43.4 Å². The third-order valence-electron chi connectivity index (χ3n) is 4.78. The topological polar surface area (TPSA) is 62.5 Å². The van der Waals surface area contributed by atoms with Crippen LogP contribution >= 0.6 is 0 Å². The number of hydrogen-bond acceptors (Lipinski definition) is 5. The molecule has 2 aliphatic rings. The Morgan fingerprint density at radius 2 is 2.04 bits per heavy atom. The van der Waals surface area contributed by atoms with E-state index >= 15 is 0 Å². The molecule has 2 fully saturated rings. The van der Waals surface area contributed by atoms with Crippen molar-refractivity contribution in [1.82, 2.24) is 19.9 Å². The molecule has 0 aliphatic carbocycles. The second-order valence-corrected chi connectivity index (χ2v) is 6.52. The largest absolute Gasteiger partial charge is 0.393 e. The molecule has 0 N–H and O–H groups in total. The number of carbonyl (C=O) groups is 1. The molecule has 1 aromatic rings. The molecule has 0 bridgehead atoms. The summed E-state index contributed by atoms with van der Waals surface area (Å²) in [5, 5.41) is 3.91. The van der Waals surface area contributed by atoms with Crippen LogP contribution in [0.2, 0.25) is 0 Å². The SMILES string of the molecule is Cc1nc([C@H]2CCCN2CC(=O)N2CCC[C@H](C(F)(F)F)C2)no1. The minimum absolute atomic E-state index is 0.0990. The summed E-state index contributed by atoms with van der Waals surface area (Å²) in [5.41, 5.74) is 0. The van der Waals surface area contributed by atoms with Crippen LogP contribution < -0.4 is 0 Å². The predicted molar refractivity (Wildman–Crippen MR) is 77.9 cm³/mol. The summed E-state index contributed by atoms with van der Waals surface area (Å²) in [7, 11) is 0. The first-order chi connectivity index (χ1) is 11.3. The van der Waals surface area contributed by atoms with Crippen LogP contribution in [0.4, 0.5) is 13.2 Å². The van der Waals surface area contributed by atoms with E-state index < -0.39 is 12.1 Å². The van der Waals surface area contributed by atoms with Gasteiger partial charge in [-0.25, -0.2) is 0 Å². The summed E-state index contributed by atoms with van der Waals surface area (Å²) in [6.45, 7) is 2.67. The maximum atomic E-state index is 12.9. The Morgan fingerprint density at radius 1 is 1.29 bits per heavy atom. The van der Waals surface area contributed by atoms with Gasteiger partial charge in [0.2, 0.25) is 11.8 Å². The molecule has 9 heteroatoms. The molecule has 2 atom stereocenters. The van der Waals surface area contributed by atoms with Crippen molar-refractivity contribution in [3.63, 3.8) is 0 Å². The zero-order valence-corrected chi connectivity index (χ0v) is 13.6. The number of carbonyl (C=O) groups excluding carboxylic acids is 1. The number of hydrogen-bond donors (Lipinski definition) is 0. The van der Waals surface area contributed by atoms with Crippen molar-refractivity contribution >= 4 is 5.91 Å². The quantitative estimate of drug-likeness (QED) is 0.840. The zero-order chi connectivity index (χ0) is 17.3. The Bertz CT molecular complexity index is 590. The van der Waals surface area contributed by atoms with E-state index in [-0.39, 0.29) is 31.5 Å². The second-order valence-electron chi connectivity index (χ2n) is 6.52. The van der Waals surface area contributed by atoms with Gasteiger partial charge in [0.25, 0.3) is 0 Å². The van der Waals surface area contributed by atoms with Gasteiger partial charge in [-0.15, -0.1) is 0 Å². The molecule has 2 saturated heterocycles. The molecule has 0 unspecified atom stereocenters. The number of likely N-dealkylation sites (tertiary alicyclic amines) is 2. The number of amides is 1. The summed E-state index contributed by atoms with van der Waals surface area (Å²) in [4.78, 5) is 20.0. The van der Waals surface area contributed by atoms with Crippen LogP contribution in [0.5, 0.6) is 0 Å². The van der Waals surface area contributed by atoms with E-state index in [1.165, 1.54) is 4.90 Å². The highest BCUT2D eigenvalue weighted by Crippen LogP contribution is 2.34. The lowest BCUT2D eigenvalue weighted by molar-refractivity contribution is -0.188. The molecule has 0 spiro atoms. The van der Waals surface area contributed by atoms with Crippen molar-refractivity contribution in [1.29, 1.82) is 0 Å². The first-order valence-electron chi connectivity index (χ1n) is 8.23. The maximum absolute atomic E-state index is 12.9. The van der Waals surface area contributed by atoms with E-state index in [2.05, 4.69) is 10.1 Å². The van der Waals surface area contributed by atoms with Gasteiger partial charge >= 0.3 is 6.18 Å². The highest BCUT2D eigenvalue weighted by molar-refractivity contribution is 5.78. The number of nitrogens with zero attached hydrogens (tertiary/aromatic N) is 4. The van der Waals surface area contributed by atoms with E-state index in [4.69, 9.17) is 4.52 Å². The smallest absolute Gasteiger partial charge is 0.341 e. The Morgan fingerprint density at radius 3 is 2.71 bits per heavy atom. The highest BCUT2D eigenvalue weighted by atomic mass is 19.4. The fourth-order valence-electron chi connectivity index (χ4n) is 3.50. The Balaban J connectivity index is 1.61. The normalized spacial score (nSPS) is 26.1.